The van der Waals surface area contributed by atoms with E-state index in [0.29, 0.717) is 18.7 Å². The molecule has 1 aromatic heterocycles. The minimum absolute atomic E-state index is 0.297. The van der Waals surface area contributed by atoms with Gasteiger partial charge in [0.2, 0.25) is 0 Å². The van der Waals surface area contributed by atoms with Crippen molar-refractivity contribution in [2.45, 2.75) is 39.5 Å². The third-order valence-corrected chi connectivity index (χ3v) is 5.58. The molecule has 160 valence electrons. The molecular formula is C25H27N3O3. The van der Waals surface area contributed by atoms with E-state index in [4.69, 9.17) is 9.72 Å². The molecule has 0 saturated heterocycles. The molecule has 1 aliphatic rings. The summed E-state index contributed by atoms with van der Waals surface area (Å²) in [4.78, 5) is 32.5. The van der Waals surface area contributed by atoms with Crippen molar-refractivity contribution in [3.8, 4) is 0 Å². The maximum Gasteiger partial charge on any atom is 0.339 e. The Balaban J connectivity index is 1.68. The van der Waals surface area contributed by atoms with Crippen LogP contribution in [0.1, 0.15) is 41.0 Å². The van der Waals surface area contributed by atoms with E-state index in [1.54, 1.807) is 6.92 Å². The van der Waals surface area contributed by atoms with E-state index in [2.05, 4.69) is 22.3 Å². The lowest BCUT2D eigenvalue weighted by molar-refractivity contribution is -0.128. The number of rotatable bonds is 6. The number of nitrogens with one attached hydrogen (secondary N) is 1. The molecule has 1 N–H and O–H groups in total. The first kappa shape index (κ1) is 21.0. The van der Waals surface area contributed by atoms with Crippen LogP contribution in [-0.4, -0.2) is 41.0 Å². The molecule has 0 bridgehead atoms. The molecule has 1 atom stereocenters. The Morgan fingerprint density at radius 1 is 1.13 bits per heavy atom. The zero-order valence-corrected chi connectivity index (χ0v) is 17.9. The van der Waals surface area contributed by atoms with Crippen molar-refractivity contribution in [1.82, 2.24) is 15.2 Å². The molecule has 0 fully saturated rings. The minimum atomic E-state index is -0.862. The Morgan fingerprint density at radius 2 is 1.87 bits per heavy atom. The number of amides is 1. The number of fused-ring (bicyclic) bond motifs is 2. The number of benzene rings is 2. The SMILES string of the molecule is CCNC(=O)[C@@H](C)OC(=O)c1c2c(nc3ccccc13)CCN(Cc1ccccc1)C2. The van der Waals surface area contributed by atoms with Crippen LogP contribution in [0.3, 0.4) is 0 Å². The molecular weight excluding hydrogens is 390 g/mol. The number of pyridine rings is 1. The van der Waals surface area contributed by atoms with Crippen LogP contribution in [0.4, 0.5) is 0 Å². The van der Waals surface area contributed by atoms with E-state index in [0.717, 1.165) is 41.7 Å². The molecule has 31 heavy (non-hydrogen) atoms. The summed E-state index contributed by atoms with van der Waals surface area (Å²) >= 11 is 0. The number of nitrogens with zero attached hydrogens (tertiary/aromatic N) is 2. The van der Waals surface area contributed by atoms with Crippen molar-refractivity contribution >= 4 is 22.8 Å². The van der Waals surface area contributed by atoms with Gasteiger partial charge in [-0.2, -0.15) is 0 Å². The summed E-state index contributed by atoms with van der Waals surface area (Å²) in [5, 5.41) is 3.46. The first-order valence-electron chi connectivity index (χ1n) is 10.7. The summed E-state index contributed by atoms with van der Waals surface area (Å²) in [6.07, 6.45) is -0.0989. The number of ether oxygens (including phenoxy) is 1. The number of esters is 1. The van der Waals surface area contributed by atoms with Crippen molar-refractivity contribution in [3.05, 3.63) is 77.0 Å². The van der Waals surface area contributed by atoms with Crippen LogP contribution < -0.4 is 5.32 Å². The molecule has 0 radical (unpaired) electrons. The Hall–Kier alpha value is -3.25. The van der Waals surface area contributed by atoms with Gasteiger partial charge in [-0.3, -0.25) is 14.7 Å². The van der Waals surface area contributed by atoms with Gasteiger partial charge in [0, 0.05) is 49.2 Å². The topological polar surface area (TPSA) is 71.5 Å². The number of carbonyl (C=O) groups excluding carboxylic acids is 2. The van der Waals surface area contributed by atoms with Gasteiger partial charge >= 0.3 is 5.97 Å². The van der Waals surface area contributed by atoms with Gasteiger partial charge in [0.25, 0.3) is 5.91 Å². The van der Waals surface area contributed by atoms with E-state index in [9.17, 15) is 9.59 Å². The molecule has 2 aromatic carbocycles. The van der Waals surface area contributed by atoms with E-state index < -0.39 is 12.1 Å². The average Bonchev–Trinajstić information content (AvgIpc) is 2.78. The molecule has 1 amide bonds. The van der Waals surface area contributed by atoms with Crippen molar-refractivity contribution in [2.24, 2.45) is 0 Å². The molecule has 6 nitrogen and oxygen atoms in total. The fourth-order valence-electron chi connectivity index (χ4n) is 4.05. The highest BCUT2D eigenvalue weighted by molar-refractivity contribution is 6.05. The Labute approximate surface area is 182 Å². The lowest BCUT2D eigenvalue weighted by Crippen LogP contribution is -2.36. The number of para-hydroxylation sites is 1. The van der Waals surface area contributed by atoms with Crippen LogP contribution in [0, 0.1) is 0 Å². The van der Waals surface area contributed by atoms with Crippen LogP contribution >= 0.6 is 0 Å². The van der Waals surface area contributed by atoms with Crippen molar-refractivity contribution < 1.29 is 14.3 Å². The first-order chi connectivity index (χ1) is 15.1. The third kappa shape index (κ3) is 4.59. The fraction of sp³-hybridized carbons (Fsp3) is 0.320. The lowest BCUT2D eigenvalue weighted by atomic mass is 9.95. The highest BCUT2D eigenvalue weighted by atomic mass is 16.5. The summed E-state index contributed by atoms with van der Waals surface area (Å²) in [5.41, 5.74) is 4.35. The third-order valence-electron chi connectivity index (χ3n) is 5.58. The van der Waals surface area contributed by atoms with Gasteiger partial charge in [0.05, 0.1) is 11.1 Å². The van der Waals surface area contributed by atoms with Crippen molar-refractivity contribution in [3.63, 3.8) is 0 Å². The molecule has 2 heterocycles. The summed E-state index contributed by atoms with van der Waals surface area (Å²) < 4.78 is 5.58. The molecule has 1 aliphatic heterocycles. The number of hydrogen-bond acceptors (Lipinski definition) is 5. The fourth-order valence-corrected chi connectivity index (χ4v) is 4.05. The quantitative estimate of drug-likeness (QED) is 0.622. The smallest absolute Gasteiger partial charge is 0.339 e. The van der Waals surface area contributed by atoms with E-state index in [1.165, 1.54) is 5.56 Å². The van der Waals surface area contributed by atoms with Gasteiger partial charge < -0.3 is 10.1 Å². The number of hydrogen-bond donors (Lipinski definition) is 1. The standard InChI is InChI=1S/C25H27N3O3/c1-3-26-24(29)17(2)31-25(30)23-19-11-7-8-12-21(19)27-22-13-14-28(16-20(22)23)15-18-9-5-4-6-10-18/h4-12,17H,3,13-16H2,1-2H3,(H,26,29)/t17-/m1/s1. The Morgan fingerprint density at radius 3 is 2.65 bits per heavy atom. The molecule has 0 aliphatic carbocycles. The molecule has 0 unspecified atom stereocenters. The van der Waals surface area contributed by atoms with Crippen LogP contribution in [0.5, 0.6) is 0 Å². The summed E-state index contributed by atoms with van der Waals surface area (Å²) in [7, 11) is 0. The number of aromatic nitrogens is 1. The van der Waals surface area contributed by atoms with Crippen molar-refractivity contribution in [2.75, 3.05) is 13.1 Å². The van der Waals surface area contributed by atoms with Crippen LogP contribution in [0.15, 0.2) is 54.6 Å². The second kappa shape index (κ2) is 9.27. The monoisotopic (exact) mass is 417 g/mol. The highest BCUT2D eigenvalue weighted by Gasteiger charge is 2.28. The average molecular weight is 418 g/mol. The van der Waals surface area contributed by atoms with Crippen LogP contribution in [0.2, 0.25) is 0 Å². The van der Waals surface area contributed by atoms with Crippen molar-refractivity contribution in [1.29, 1.82) is 0 Å². The zero-order chi connectivity index (χ0) is 21.8. The number of carbonyl (C=O) groups is 2. The van der Waals surface area contributed by atoms with Gasteiger partial charge in [-0.25, -0.2) is 4.79 Å². The highest BCUT2D eigenvalue weighted by Crippen LogP contribution is 2.29. The second-order valence-corrected chi connectivity index (χ2v) is 7.82. The molecule has 0 spiro atoms. The minimum Gasteiger partial charge on any atom is -0.449 e. The largest absolute Gasteiger partial charge is 0.449 e. The number of likely N-dealkylation sites (N-methyl/N-ethyl adjacent to an activating group) is 1. The maximum absolute atomic E-state index is 13.3. The molecule has 4 rings (SSSR count). The van der Waals surface area contributed by atoms with Gasteiger partial charge in [0.1, 0.15) is 0 Å². The summed E-state index contributed by atoms with van der Waals surface area (Å²) in [6, 6.07) is 17.9. The van der Waals surface area contributed by atoms with Crippen LogP contribution in [-0.2, 0) is 29.0 Å². The first-order valence-corrected chi connectivity index (χ1v) is 10.7. The van der Waals surface area contributed by atoms with Gasteiger partial charge in [-0.15, -0.1) is 0 Å². The second-order valence-electron chi connectivity index (χ2n) is 7.82. The predicted molar refractivity (Wildman–Crippen MR) is 120 cm³/mol. The lowest BCUT2D eigenvalue weighted by Gasteiger charge is -2.30. The van der Waals surface area contributed by atoms with E-state index >= 15 is 0 Å². The Kier molecular flexibility index (Phi) is 6.28. The van der Waals surface area contributed by atoms with Gasteiger partial charge in [0.15, 0.2) is 6.10 Å². The van der Waals surface area contributed by atoms with Gasteiger partial charge in [-0.05, 0) is 25.5 Å². The van der Waals surface area contributed by atoms with E-state index in [-0.39, 0.29) is 5.91 Å². The Bertz CT molecular complexity index is 1100. The van der Waals surface area contributed by atoms with Gasteiger partial charge in [-0.1, -0.05) is 48.5 Å². The predicted octanol–water partition coefficient (Wildman–Crippen LogP) is 3.47. The van der Waals surface area contributed by atoms with Crippen LogP contribution in [0.25, 0.3) is 10.9 Å². The van der Waals surface area contributed by atoms with E-state index in [1.807, 2.05) is 49.4 Å². The molecule has 3 aromatic rings. The molecule has 0 saturated carbocycles. The maximum atomic E-state index is 13.3. The summed E-state index contributed by atoms with van der Waals surface area (Å²) in [5.74, 6) is -0.774. The normalized spacial score (nSPS) is 14.6. The molecule has 6 heteroatoms. The summed E-state index contributed by atoms with van der Waals surface area (Å²) in [6.45, 7) is 6.21. The zero-order valence-electron chi connectivity index (χ0n) is 17.9.